The highest BCUT2D eigenvalue weighted by Gasteiger charge is 2.55. The topological polar surface area (TPSA) is 29.5 Å². The first kappa shape index (κ1) is 10.4. The van der Waals surface area contributed by atoms with Crippen molar-refractivity contribution in [3.8, 4) is 0 Å². The molecule has 0 aliphatic carbocycles. The van der Waals surface area contributed by atoms with Crippen LogP contribution in [0.2, 0.25) is 0 Å². The minimum absolute atomic E-state index is 0.0233. The number of rotatable bonds is 1. The first-order chi connectivity index (χ1) is 8.81. The van der Waals surface area contributed by atoms with Gasteiger partial charge in [0.05, 0.1) is 13.0 Å². The number of carbonyl (C=O) groups is 1. The summed E-state index contributed by atoms with van der Waals surface area (Å²) in [6.45, 7) is 0. The van der Waals surface area contributed by atoms with Gasteiger partial charge in [-0.2, -0.15) is 0 Å². The average molecular weight is 243 g/mol. The predicted octanol–water partition coefficient (Wildman–Crippen LogP) is 2.31. The van der Waals surface area contributed by atoms with E-state index >= 15 is 0 Å². The number of anilines is 1. The Bertz CT molecular complexity index is 513. The van der Waals surface area contributed by atoms with Crippen LogP contribution in [0.3, 0.4) is 0 Å². The SMILES string of the molecule is COC(=O)[C@@H]1[C@@H]2C[C@@H]3CC[C@H]1N3c1ccccc12. The second-order valence-electron chi connectivity index (χ2n) is 5.66. The minimum atomic E-state index is -0.0233. The molecule has 0 saturated carbocycles. The number of piperidine rings is 1. The van der Waals surface area contributed by atoms with E-state index in [0.29, 0.717) is 18.0 Å². The van der Waals surface area contributed by atoms with E-state index in [0.717, 1.165) is 12.8 Å². The van der Waals surface area contributed by atoms with Crippen LogP contribution in [0.15, 0.2) is 24.3 Å². The van der Waals surface area contributed by atoms with Gasteiger partial charge in [-0.05, 0) is 30.9 Å². The van der Waals surface area contributed by atoms with E-state index in [2.05, 4.69) is 29.2 Å². The van der Waals surface area contributed by atoms with Crippen molar-refractivity contribution in [3.05, 3.63) is 29.8 Å². The smallest absolute Gasteiger partial charge is 0.311 e. The van der Waals surface area contributed by atoms with Crippen LogP contribution in [0.4, 0.5) is 5.69 Å². The summed E-state index contributed by atoms with van der Waals surface area (Å²) >= 11 is 0. The fourth-order valence-electron chi connectivity index (χ4n) is 4.39. The maximum atomic E-state index is 12.1. The zero-order chi connectivity index (χ0) is 12.3. The maximum absolute atomic E-state index is 12.1. The van der Waals surface area contributed by atoms with Gasteiger partial charge in [0.25, 0.3) is 0 Å². The van der Waals surface area contributed by atoms with Crippen LogP contribution in [-0.2, 0) is 9.53 Å². The van der Waals surface area contributed by atoms with Gasteiger partial charge in [-0.25, -0.2) is 0 Å². The molecule has 0 spiro atoms. The van der Waals surface area contributed by atoms with Crippen LogP contribution in [0.5, 0.6) is 0 Å². The third kappa shape index (κ3) is 1.12. The summed E-state index contributed by atoms with van der Waals surface area (Å²) in [5.74, 6) is 0.393. The Balaban J connectivity index is 1.87. The van der Waals surface area contributed by atoms with Crippen molar-refractivity contribution in [2.24, 2.45) is 5.92 Å². The van der Waals surface area contributed by atoms with E-state index in [1.165, 1.54) is 24.8 Å². The summed E-state index contributed by atoms with van der Waals surface area (Å²) in [5.41, 5.74) is 2.71. The van der Waals surface area contributed by atoms with Crippen molar-refractivity contribution < 1.29 is 9.53 Å². The molecule has 4 atom stereocenters. The third-order valence-corrected chi connectivity index (χ3v) is 5.01. The summed E-state index contributed by atoms with van der Waals surface area (Å²) in [7, 11) is 1.51. The van der Waals surface area contributed by atoms with Crippen molar-refractivity contribution in [3.63, 3.8) is 0 Å². The van der Waals surface area contributed by atoms with E-state index < -0.39 is 0 Å². The zero-order valence-electron chi connectivity index (χ0n) is 10.5. The van der Waals surface area contributed by atoms with Crippen molar-refractivity contribution in [1.82, 2.24) is 0 Å². The molecule has 2 fully saturated rings. The molecule has 3 heteroatoms. The molecule has 18 heavy (non-hydrogen) atoms. The molecule has 1 aromatic rings. The van der Waals surface area contributed by atoms with Gasteiger partial charge in [-0.1, -0.05) is 18.2 Å². The first-order valence-electron chi connectivity index (χ1n) is 6.76. The maximum Gasteiger partial charge on any atom is 0.311 e. The van der Waals surface area contributed by atoms with E-state index in [9.17, 15) is 4.79 Å². The summed E-state index contributed by atoms with van der Waals surface area (Å²) < 4.78 is 5.04. The zero-order valence-corrected chi connectivity index (χ0v) is 10.5. The molecule has 5 rings (SSSR count). The van der Waals surface area contributed by atoms with Crippen LogP contribution in [0.1, 0.15) is 30.7 Å². The van der Waals surface area contributed by atoms with Gasteiger partial charge in [0.2, 0.25) is 0 Å². The Morgan fingerprint density at radius 2 is 2.17 bits per heavy atom. The summed E-state index contributed by atoms with van der Waals surface area (Å²) in [6.07, 6.45) is 3.48. The highest BCUT2D eigenvalue weighted by molar-refractivity contribution is 5.79. The van der Waals surface area contributed by atoms with E-state index in [1.807, 2.05) is 0 Å². The molecule has 3 nitrogen and oxygen atoms in total. The Morgan fingerprint density at radius 1 is 1.33 bits per heavy atom. The number of benzene rings is 1. The molecule has 0 N–H and O–H groups in total. The lowest BCUT2D eigenvalue weighted by atomic mass is 9.71. The molecule has 0 aromatic heterocycles. The van der Waals surface area contributed by atoms with Crippen LogP contribution < -0.4 is 4.90 Å². The molecule has 0 amide bonds. The van der Waals surface area contributed by atoms with E-state index in [1.54, 1.807) is 0 Å². The van der Waals surface area contributed by atoms with Crippen LogP contribution in [0, 0.1) is 5.92 Å². The molecule has 4 aliphatic heterocycles. The van der Waals surface area contributed by atoms with Crippen LogP contribution in [0.25, 0.3) is 0 Å². The highest BCUT2D eigenvalue weighted by Crippen LogP contribution is 2.56. The Morgan fingerprint density at radius 3 is 3.00 bits per heavy atom. The van der Waals surface area contributed by atoms with Crippen LogP contribution >= 0.6 is 0 Å². The van der Waals surface area contributed by atoms with Gasteiger partial charge < -0.3 is 9.64 Å². The Kier molecular flexibility index (Phi) is 2.02. The quantitative estimate of drug-likeness (QED) is 0.709. The number of esters is 1. The molecule has 4 heterocycles. The molecule has 0 unspecified atom stereocenters. The lowest BCUT2D eigenvalue weighted by molar-refractivity contribution is -0.147. The monoisotopic (exact) mass is 243 g/mol. The molecule has 94 valence electrons. The third-order valence-electron chi connectivity index (χ3n) is 5.01. The Hall–Kier alpha value is -1.51. The summed E-state index contributed by atoms with van der Waals surface area (Å²) in [4.78, 5) is 14.6. The molecule has 4 bridgehead atoms. The van der Waals surface area contributed by atoms with Crippen molar-refractivity contribution >= 4 is 11.7 Å². The number of hydrogen-bond donors (Lipinski definition) is 0. The normalized spacial score (nSPS) is 35.5. The summed E-state index contributed by atoms with van der Waals surface area (Å²) in [6, 6.07) is 9.59. The average Bonchev–Trinajstić information content (AvgIpc) is 2.76. The highest BCUT2D eigenvalue weighted by atomic mass is 16.5. The van der Waals surface area contributed by atoms with Gasteiger partial charge in [0, 0.05) is 23.7 Å². The van der Waals surface area contributed by atoms with Gasteiger partial charge in [-0.15, -0.1) is 0 Å². The lowest BCUT2D eigenvalue weighted by Gasteiger charge is -2.51. The summed E-state index contributed by atoms with van der Waals surface area (Å²) in [5, 5.41) is 0. The standard InChI is InChI=1S/C15H17NO2/c1-18-15(17)14-11-8-9-6-7-13(14)16(9)12-5-3-2-4-10(11)12/h2-5,9,11,13-14H,6-8H2,1H3/t9-,11+,13+,14+/m0/s1. The second-order valence-corrected chi connectivity index (χ2v) is 5.66. The first-order valence-corrected chi connectivity index (χ1v) is 6.76. The van der Waals surface area contributed by atoms with Crippen molar-refractivity contribution in [1.29, 1.82) is 0 Å². The van der Waals surface area contributed by atoms with Gasteiger partial charge in [-0.3, -0.25) is 4.79 Å². The van der Waals surface area contributed by atoms with Gasteiger partial charge >= 0.3 is 5.97 Å². The van der Waals surface area contributed by atoms with Gasteiger partial charge in [0.15, 0.2) is 0 Å². The number of ether oxygens (including phenoxy) is 1. The predicted molar refractivity (Wildman–Crippen MR) is 68.6 cm³/mol. The second kappa shape index (κ2) is 3.50. The molecular weight excluding hydrogens is 226 g/mol. The van der Waals surface area contributed by atoms with Crippen LogP contribution in [-0.4, -0.2) is 25.2 Å². The number of hydrogen-bond acceptors (Lipinski definition) is 3. The van der Waals surface area contributed by atoms with Crippen molar-refractivity contribution in [2.75, 3.05) is 12.0 Å². The van der Waals surface area contributed by atoms with Gasteiger partial charge in [0.1, 0.15) is 0 Å². The number of methoxy groups -OCH3 is 1. The fraction of sp³-hybridized carbons (Fsp3) is 0.533. The largest absolute Gasteiger partial charge is 0.469 e. The fourth-order valence-corrected chi connectivity index (χ4v) is 4.39. The molecule has 1 aromatic carbocycles. The lowest BCUT2D eigenvalue weighted by Crippen LogP contribution is -2.55. The van der Waals surface area contributed by atoms with Crippen molar-refractivity contribution in [2.45, 2.75) is 37.3 Å². The number of carbonyl (C=O) groups excluding carboxylic acids is 1. The molecule has 0 radical (unpaired) electrons. The number of para-hydroxylation sites is 1. The molecular formula is C15H17NO2. The number of nitrogens with zero attached hydrogens (tertiary/aromatic N) is 1. The van der Waals surface area contributed by atoms with E-state index in [4.69, 9.17) is 4.74 Å². The Labute approximate surface area is 107 Å². The minimum Gasteiger partial charge on any atom is -0.469 e. The molecule has 2 saturated heterocycles. The van der Waals surface area contributed by atoms with E-state index in [-0.39, 0.29) is 11.9 Å². The molecule has 4 aliphatic rings.